The molecule has 0 aliphatic heterocycles. The summed E-state index contributed by atoms with van der Waals surface area (Å²) in [5, 5.41) is 9.54. The summed E-state index contributed by atoms with van der Waals surface area (Å²) in [6.07, 6.45) is 0. The Labute approximate surface area is 111 Å². The minimum absolute atomic E-state index is 0.225. The first-order valence-corrected chi connectivity index (χ1v) is 5.96. The van der Waals surface area contributed by atoms with Gasteiger partial charge in [-0.05, 0) is 26.0 Å². The van der Waals surface area contributed by atoms with E-state index >= 15 is 0 Å². The van der Waals surface area contributed by atoms with Gasteiger partial charge in [0.15, 0.2) is 0 Å². The summed E-state index contributed by atoms with van der Waals surface area (Å²) in [6.45, 7) is 4.05. The van der Waals surface area contributed by atoms with Crippen LogP contribution in [0.2, 0.25) is 0 Å². The molecular weight excluding hydrogens is 244 g/mol. The fourth-order valence-electron chi connectivity index (χ4n) is 1.71. The predicted molar refractivity (Wildman–Crippen MR) is 70.9 cm³/mol. The van der Waals surface area contributed by atoms with Crippen LogP contribution < -0.4 is 10.6 Å². The average molecular weight is 260 g/mol. The number of aryl methyl sites for hydroxylation is 2. The number of nitrogens with zero attached hydrogens (tertiary/aromatic N) is 2. The van der Waals surface area contributed by atoms with Crippen molar-refractivity contribution < 1.29 is 9.32 Å². The molecule has 6 heteroatoms. The van der Waals surface area contributed by atoms with Gasteiger partial charge in [0, 0.05) is 19.2 Å². The van der Waals surface area contributed by atoms with Crippen LogP contribution in [0.4, 0.5) is 5.82 Å². The molecular formula is C13H16N4O2. The maximum Gasteiger partial charge on any atom is 0.270 e. The van der Waals surface area contributed by atoms with Crippen molar-refractivity contribution in [1.29, 1.82) is 0 Å². The SMILES string of the molecule is CNc1cccc(C(=O)NCc2c(C)noc2C)n1. The molecule has 0 fully saturated rings. The van der Waals surface area contributed by atoms with Crippen molar-refractivity contribution in [1.82, 2.24) is 15.5 Å². The van der Waals surface area contributed by atoms with Gasteiger partial charge in [-0.25, -0.2) is 4.98 Å². The smallest absolute Gasteiger partial charge is 0.270 e. The molecule has 2 heterocycles. The van der Waals surface area contributed by atoms with E-state index in [0.717, 1.165) is 17.0 Å². The zero-order chi connectivity index (χ0) is 13.8. The van der Waals surface area contributed by atoms with Crippen molar-refractivity contribution in [2.45, 2.75) is 20.4 Å². The molecule has 0 aromatic carbocycles. The molecule has 0 spiro atoms. The second-order valence-corrected chi connectivity index (χ2v) is 4.14. The molecule has 0 bridgehead atoms. The van der Waals surface area contributed by atoms with Crippen molar-refractivity contribution >= 4 is 11.7 Å². The van der Waals surface area contributed by atoms with Crippen molar-refractivity contribution in [3.63, 3.8) is 0 Å². The molecule has 2 aromatic heterocycles. The van der Waals surface area contributed by atoms with Gasteiger partial charge in [-0.2, -0.15) is 0 Å². The first-order valence-electron chi connectivity index (χ1n) is 5.96. The molecule has 2 N–H and O–H groups in total. The van der Waals surface area contributed by atoms with E-state index in [-0.39, 0.29) is 5.91 Å². The van der Waals surface area contributed by atoms with Crippen molar-refractivity contribution in [3.05, 3.63) is 40.9 Å². The molecule has 19 heavy (non-hydrogen) atoms. The Hall–Kier alpha value is -2.37. The first kappa shape index (κ1) is 13.1. The van der Waals surface area contributed by atoms with Gasteiger partial charge in [0.2, 0.25) is 0 Å². The van der Waals surface area contributed by atoms with Crippen LogP contribution in [-0.4, -0.2) is 23.1 Å². The first-order chi connectivity index (χ1) is 9.11. The number of pyridine rings is 1. The van der Waals surface area contributed by atoms with Gasteiger partial charge in [0.05, 0.1) is 5.69 Å². The zero-order valence-electron chi connectivity index (χ0n) is 11.2. The number of amides is 1. The van der Waals surface area contributed by atoms with Gasteiger partial charge < -0.3 is 15.2 Å². The minimum atomic E-state index is -0.225. The Morgan fingerprint density at radius 2 is 2.16 bits per heavy atom. The third kappa shape index (κ3) is 2.90. The van der Waals surface area contributed by atoms with E-state index in [4.69, 9.17) is 4.52 Å². The van der Waals surface area contributed by atoms with Gasteiger partial charge in [-0.1, -0.05) is 11.2 Å². The van der Waals surface area contributed by atoms with Crippen LogP contribution in [0.3, 0.4) is 0 Å². The van der Waals surface area contributed by atoms with Crippen LogP contribution in [0.15, 0.2) is 22.7 Å². The molecule has 1 amide bonds. The molecule has 0 unspecified atom stereocenters. The quantitative estimate of drug-likeness (QED) is 0.873. The van der Waals surface area contributed by atoms with E-state index in [9.17, 15) is 4.79 Å². The van der Waals surface area contributed by atoms with Gasteiger partial charge in [-0.3, -0.25) is 4.79 Å². The van der Waals surface area contributed by atoms with Gasteiger partial charge in [-0.15, -0.1) is 0 Å². The number of hydrogen-bond acceptors (Lipinski definition) is 5. The molecule has 0 saturated carbocycles. The van der Waals surface area contributed by atoms with E-state index < -0.39 is 0 Å². The van der Waals surface area contributed by atoms with E-state index in [1.165, 1.54) is 0 Å². The summed E-state index contributed by atoms with van der Waals surface area (Å²) >= 11 is 0. The normalized spacial score (nSPS) is 10.3. The topological polar surface area (TPSA) is 80.0 Å². The van der Waals surface area contributed by atoms with Crippen LogP contribution in [0.25, 0.3) is 0 Å². The number of hydrogen-bond donors (Lipinski definition) is 2. The van der Waals surface area contributed by atoms with E-state index in [0.29, 0.717) is 18.1 Å². The molecule has 0 radical (unpaired) electrons. The fourth-order valence-corrected chi connectivity index (χ4v) is 1.71. The van der Waals surface area contributed by atoms with Crippen molar-refractivity contribution in [2.24, 2.45) is 0 Å². The average Bonchev–Trinajstić information content (AvgIpc) is 2.75. The second-order valence-electron chi connectivity index (χ2n) is 4.14. The van der Waals surface area contributed by atoms with Crippen LogP contribution in [0, 0.1) is 13.8 Å². The lowest BCUT2D eigenvalue weighted by Crippen LogP contribution is -2.24. The molecule has 2 aromatic rings. The fraction of sp³-hybridized carbons (Fsp3) is 0.308. The van der Waals surface area contributed by atoms with Crippen molar-refractivity contribution in [3.8, 4) is 0 Å². The van der Waals surface area contributed by atoms with E-state index in [2.05, 4.69) is 20.8 Å². The predicted octanol–water partition coefficient (Wildman–Crippen LogP) is 1.66. The van der Waals surface area contributed by atoms with E-state index in [1.54, 1.807) is 25.2 Å². The van der Waals surface area contributed by atoms with Crippen LogP contribution in [-0.2, 0) is 6.54 Å². The lowest BCUT2D eigenvalue weighted by Gasteiger charge is -2.05. The van der Waals surface area contributed by atoms with Gasteiger partial charge in [0.1, 0.15) is 17.3 Å². The molecule has 100 valence electrons. The lowest BCUT2D eigenvalue weighted by molar-refractivity contribution is 0.0946. The van der Waals surface area contributed by atoms with Gasteiger partial charge >= 0.3 is 0 Å². The highest BCUT2D eigenvalue weighted by molar-refractivity contribution is 5.92. The summed E-state index contributed by atoms with van der Waals surface area (Å²) in [6, 6.07) is 5.25. The standard InChI is InChI=1S/C13H16N4O2/c1-8-10(9(2)19-17-8)7-15-13(18)11-5-4-6-12(14-3)16-11/h4-6H,7H2,1-3H3,(H,14,16)(H,15,18). The largest absolute Gasteiger partial charge is 0.373 e. The van der Waals surface area contributed by atoms with E-state index in [1.807, 2.05) is 13.8 Å². The summed E-state index contributed by atoms with van der Waals surface area (Å²) in [7, 11) is 1.76. The number of anilines is 1. The Morgan fingerprint density at radius 1 is 1.37 bits per heavy atom. The lowest BCUT2D eigenvalue weighted by atomic mass is 10.2. The second kappa shape index (κ2) is 5.51. The Kier molecular flexibility index (Phi) is 3.79. The summed E-state index contributed by atoms with van der Waals surface area (Å²) in [4.78, 5) is 16.2. The highest BCUT2D eigenvalue weighted by Gasteiger charge is 2.12. The number of carbonyl (C=O) groups is 1. The molecule has 0 aliphatic carbocycles. The number of rotatable bonds is 4. The zero-order valence-corrected chi connectivity index (χ0v) is 11.2. The number of aromatic nitrogens is 2. The maximum absolute atomic E-state index is 12.0. The Morgan fingerprint density at radius 3 is 2.79 bits per heavy atom. The number of nitrogens with one attached hydrogen (secondary N) is 2. The summed E-state index contributed by atoms with van der Waals surface area (Å²) < 4.78 is 5.04. The summed E-state index contributed by atoms with van der Waals surface area (Å²) in [5.74, 6) is 1.15. The third-order valence-corrected chi connectivity index (χ3v) is 2.84. The van der Waals surface area contributed by atoms with Crippen LogP contribution in [0.1, 0.15) is 27.5 Å². The van der Waals surface area contributed by atoms with Crippen LogP contribution >= 0.6 is 0 Å². The number of carbonyl (C=O) groups excluding carboxylic acids is 1. The maximum atomic E-state index is 12.0. The minimum Gasteiger partial charge on any atom is -0.373 e. The van der Waals surface area contributed by atoms with Crippen molar-refractivity contribution in [2.75, 3.05) is 12.4 Å². The highest BCUT2D eigenvalue weighted by atomic mass is 16.5. The monoisotopic (exact) mass is 260 g/mol. The Balaban J connectivity index is 2.05. The molecule has 6 nitrogen and oxygen atoms in total. The molecule has 0 aliphatic rings. The highest BCUT2D eigenvalue weighted by Crippen LogP contribution is 2.12. The molecule has 0 saturated heterocycles. The van der Waals surface area contributed by atoms with Crippen LogP contribution in [0.5, 0.6) is 0 Å². The molecule has 0 atom stereocenters. The summed E-state index contributed by atoms with van der Waals surface area (Å²) in [5.41, 5.74) is 2.06. The Bertz CT molecular complexity index is 573. The third-order valence-electron chi connectivity index (χ3n) is 2.84. The van der Waals surface area contributed by atoms with Gasteiger partial charge in [0.25, 0.3) is 5.91 Å². The molecule has 2 rings (SSSR count).